The molecule has 0 aliphatic heterocycles. The number of fused-ring (bicyclic) bond motifs is 1. The van der Waals surface area contributed by atoms with E-state index in [1.807, 2.05) is 18.2 Å². The van der Waals surface area contributed by atoms with Crippen molar-refractivity contribution in [1.29, 1.82) is 0 Å². The van der Waals surface area contributed by atoms with Crippen LogP contribution in [-0.2, 0) is 13.6 Å². The topological polar surface area (TPSA) is 101 Å². The van der Waals surface area contributed by atoms with Crippen LogP contribution in [0.2, 0.25) is 0 Å². The van der Waals surface area contributed by atoms with Gasteiger partial charge in [-0.2, -0.15) is 4.68 Å². The monoisotopic (exact) mass is 378 g/mol. The molecule has 1 aliphatic rings. The Bertz CT molecular complexity index is 1260. The Labute approximate surface area is 158 Å². The Morgan fingerprint density at radius 3 is 2.64 bits per heavy atom. The first-order valence-corrected chi connectivity index (χ1v) is 9.10. The smallest absolute Gasteiger partial charge is 0.390 e. The van der Waals surface area contributed by atoms with E-state index < -0.39 is 5.76 Å². The first-order valence-electron chi connectivity index (χ1n) is 9.10. The summed E-state index contributed by atoms with van der Waals surface area (Å²) < 4.78 is 9.67. The zero-order chi connectivity index (χ0) is 19.3. The van der Waals surface area contributed by atoms with Crippen LogP contribution in [0, 0.1) is 0 Å². The van der Waals surface area contributed by atoms with Crippen LogP contribution in [0.3, 0.4) is 0 Å². The Kier molecular flexibility index (Phi) is 3.75. The van der Waals surface area contributed by atoms with Gasteiger partial charge >= 0.3 is 5.76 Å². The number of hydrogen-bond acceptors (Lipinski definition) is 6. The van der Waals surface area contributed by atoms with Gasteiger partial charge in [0.05, 0.1) is 12.4 Å². The minimum absolute atomic E-state index is 0.0182. The molecule has 5 rings (SSSR count). The lowest BCUT2D eigenvalue weighted by atomic mass is 9.76. The summed E-state index contributed by atoms with van der Waals surface area (Å²) in [5.74, 6) is 0.130. The molecule has 9 heteroatoms. The number of aryl methyl sites for hydroxylation is 1. The summed E-state index contributed by atoms with van der Waals surface area (Å²) in [6, 6.07) is 10.3. The van der Waals surface area contributed by atoms with Gasteiger partial charge in [0, 0.05) is 7.05 Å². The van der Waals surface area contributed by atoms with Gasteiger partial charge in [0.2, 0.25) is 5.89 Å². The summed E-state index contributed by atoms with van der Waals surface area (Å²) >= 11 is 0. The summed E-state index contributed by atoms with van der Waals surface area (Å²) in [4.78, 5) is 33.1. The first kappa shape index (κ1) is 16.7. The summed E-state index contributed by atoms with van der Waals surface area (Å²) in [7, 11) is 1.73. The Morgan fingerprint density at radius 2 is 1.86 bits per heavy atom. The number of rotatable bonds is 4. The second-order valence-corrected chi connectivity index (χ2v) is 7.14. The average Bonchev–Trinajstić information content (AvgIpc) is 3.21. The molecule has 1 saturated carbocycles. The number of benzene rings is 1. The highest BCUT2D eigenvalue weighted by molar-refractivity contribution is 5.68. The van der Waals surface area contributed by atoms with Crippen LogP contribution in [0.25, 0.3) is 11.2 Å². The maximum Gasteiger partial charge on any atom is 0.437 e. The van der Waals surface area contributed by atoms with Crippen LogP contribution in [0.5, 0.6) is 0 Å². The van der Waals surface area contributed by atoms with Gasteiger partial charge in [-0.25, -0.2) is 14.8 Å². The van der Waals surface area contributed by atoms with Crippen LogP contribution < -0.4 is 11.3 Å². The number of nitrogens with zero attached hydrogens (tertiary/aromatic N) is 6. The minimum Gasteiger partial charge on any atom is -0.390 e. The van der Waals surface area contributed by atoms with Gasteiger partial charge in [-0.15, -0.1) is 5.10 Å². The predicted octanol–water partition coefficient (Wildman–Crippen LogP) is 1.45. The van der Waals surface area contributed by atoms with Gasteiger partial charge in [0.25, 0.3) is 5.56 Å². The van der Waals surface area contributed by atoms with E-state index in [2.05, 4.69) is 27.2 Å². The number of aromatic nitrogens is 6. The summed E-state index contributed by atoms with van der Waals surface area (Å²) in [5, 5.41) is 4.31. The van der Waals surface area contributed by atoms with Gasteiger partial charge in [0.1, 0.15) is 12.9 Å². The van der Waals surface area contributed by atoms with E-state index in [9.17, 15) is 9.59 Å². The van der Waals surface area contributed by atoms with Crippen molar-refractivity contribution in [3.05, 3.63) is 75.3 Å². The van der Waals surface area contributed by atoms with E-state index in [0.29, 0.717) is 17.1 Å². The molecule has 9 nitrogen and oxygen atoms in total. The van der Waals surface area contributed by atoms with Crippen molar-refractivity contribution in [3.8, 4) is 0 Å². The molecule has 4 aromatic rings. The van der Waals surface area contributed by atoms with Crippen molar-refractivity contribution in [3.63, 3.8) is 0 Å². The number of imidazole rings is 1. The van der Waals surface area contributed by atoms with Crippen molar-refractivity contribution < 1.29 is 4.42 Å². The Balaban J connectivity index is 1.36. The standard InChI is InChI=1S/C19H18N6O3/c1-23-10-20-17-16(23)18(26)24(11-21-17)9-15-22-25(19(27)28-15)14-7-13(8-14)12-5-3-2-4-6-12/h2-6,10-11,13-14H,7-9H2,1H3. The molecule has 1 aliphatic carbocycles. The molecule has 0 N–H and O–H groups in total. The lowest BCUT2D eigenvalue weighted by Crippen LogP contribution is -2.31. The third-order valence-electron chi connectivity index (χ3n) is 5.35. The fourth-order valence-electron chi connectivity index (χ4n) is 3.74. The van der Waals surface area contributed by atoms with Crippen molar-refractivity contribution in [2.45, 2.75) is 31.3 Å². The largest absolute Gasteiger partial charge is 0.437 e. The molecule has 142 valence electrons. The average molecular weight is 378 g/mol. The van der Waals surface area contributed by atoms with Crippen LogP contribution in [0.4, 0.5) is 0 Å². The fraction of sp³-hybridized carbons (Fsp3) is 0.316. The summed E-state index contributed by atoms with van der Waals surface area (Å²) in [5.41, 5.74) is 1.80. The van der Waals surface area contributed by atoms with Crippen molar-refractivity contribution in [2.24, 2.45) is 7.05 Å². The molecule has 0 bridgehead atoms. The lowest BCUT2D eigenvalue weighted by molar-refractivity contribution is 0.233. The van der Waals surface area contributed by atoms with Crippen LogP contribution in [-0.4, -0.2) is 28.9 Å². The molecule has 28 heavy (non-hydrogen) atoms. The van der Waals surface area contributed by atoms with Gasteiger partial charge < -0.3 is 8.98 Å². The summed E-state index contributed by atoms with van der Waals surface area (Å²) in [6.07, 6.45) is 4.63. The quantitative estimate of drug-likeness (QED) is 0.533. The van der Waals surface area contributed by atoms with Gasteiger partial charge in [-0.05, 0) is 24.3 Å². The highest BCUT2D eigenvalue weighted by Gasteiger charge is 2.34. The van der Waals surface area contributed by atoms with Crippen LogP contribution in [0.15, 0.2) is 57.0 Å². The second-order valence-electron chi connectivity index (χ2n) is 7.14. The molecule has 0 atom stereocenters. The first-order chi connectivity index (χ1) is 13.6. The molecule has 3 aromatic heterocycles. The maximum atomic E-state index is 12.6. The van der Waals surface area contributed by atoms with Crippen molar-refractivity contribution >= 4 is 11.2 Å². The second kappa shape index (κ2) is 6.29. The van der Waals surface area contributed by atoms with Crippen LogP contribution >= 0.6 is 0 Å². The van der Waals surface area contributed by atoms with Crippen molar-refractivity contribution in [2.75, 3.05) is 0 Å². The fourth-order valence-corrected chi connectivity index (χ4v) is 3.74. The maximum absolute atomic E-state index is 12.6. The van der Waals surface area contributed by atoms with Gasteiger partial charge in [0.15, 0.2) is 11.2 Å². The molecular weight excluding hydrogens is 360 g/mol. The SMILES string of the molecule is Cn1cnc2ncn(Cc3nn(C4CC(c5ccccc5)C4)c(=O)o3)c(=O)c21. The van der Waals surface area contributed by atoms with Gasteiger partial charge in [-0.3, -0.25) is 9.36 Å². The van der Waals surface area contributed by atoms with E-state index >= 15 is 0 Å². The molecule has 1 aromatic carbocycles. The third-order valence-corrected chi connectivity index (χ3v) is 5.35. The molecule has 0 saturated heterocycles. The third kappa shape index (κ3) is 2.67. The highest BCUT2D eigenvalue weighted by atomic mass is 16.4. The molecule has 0 spiro atoms. The minimum atomic E-state index is -0.492. The summed E-state index contributed by atoms with van der Waals surface area (Å²) in [6.45, 7) is 0.0457. The molecule has 0 unspecified atom stereocenters. The number of hydrogen-bond donors (Lipinski definition) is 0. The van der Waals surface area contributed by atoms with E-state index in [4.69, 9.17) is 4.42 Å². The Morgan fingerprint density at radius 1 is 1.11 bits per heavy atom. The highest BCUT2D eigenvalue weighted by Crippen LogP contribution is 2.43. The molecule has 0 amide bonds. The molecule has 3 heterocycles. The molecule has 1 fully saturated rings. The van der Waals surface area contributed by atoms with E-state index in [1.165, 1.54) is 27.5 Å². The lowest BCUT2D eigenvalue weighted by Gasteiger charge is -2.34. The zero-order valence-electron chi connectivity index (χ0n) is 15.2. The normalized spacial score (nSPS) is 19.0. The molecular formula is C19H18N6O3. The Hall–Kier alpha value is -3.49. The molecule has 0 radical (unpaired) electrons. The predicted molar refractivity (Wildman–Crippen MR) is 100 cm³/mol. The van der Waals surface area contributed by atoms with E-state index in [-0.39, 0.29) is 24.0 Å². The van der Waals surface area contributed by atoms with Crippen molar-refractivity contribution in [1.82, 2.24) is 28.9 Å². The van der Waals surface area contributed by atoms with E-state index in [0.717, 1.165) is 12.8 Å². The zero-order valence-corrected chi connectivity index (χ0v) is 15.2. The van der Waals surface area contributed by atoms with E-state index in [1.54, 1.807) is 11.6 Å². The van der Waals surface area contributed by atoms with Crippen LogP contribution in [0.1, 0.15) is 36.3 Å². The van der Waals surface area contributed by atoms with Gasteiger partial charge in [-0.1, -0.05) is 30.3 Å².